The normalized spacial score (nSPS) is 14.7. The largest absolute Gasteiger partial charge is 0.294 e. The van der Waals surface area contributed by atoms with Crippen LogP contribution in [0.25, 0.3) is 27.9 Å². The monoisotopic (exact) mass is 479 g/mol. The third-order valence-corrected chi connectivity index (χ3v) is 6.23. The van der Waals surface area contributed by atoms with Crippen LogP contribution in [0.4, 0.5) is 10.1 Å². The Balaban J connectivity index is 1.88. The Kier molecular flexibility index (Phi) is 5.89. The summed E-state index contributed by atoms with van der Waals surface area (Å²) >= 11 is 0. The molecule has 4 rings (SSSR count). The van der Waals surface area contributed by atoms with Crippen molar-refractivity contribution >= 4 is 38.1 Å². The summed E-state index contributed by atoms with van der Waals surface area (Å²) in [4.78, 5) is 22.1. The quantitative estimate of drug-likeness (QED) is 0.541. The molecule has 1 heterocycles. The summed E-state index contributed by atoms with van der Waals surface area (Å²) in [7, 11) is -3.52. The van der Waals surface area contributed by atoms with Gasteiger partial charge in [0.05, 0.1) is 34.9 Å². The highest BCUT2D eigenvalue weighted by atomic mass is 32.2. The zero-order valence-electron chi connectivity index (χ0n) is 19.7. The molecule has 1 aromatic heterocycles. The van der Waals surface area contributed by atoms with Crippen LogP contribution in [-0.2, 0) is 20.2 Å². The van der Waals surface area contributed by atoms with Crippen molar-refractivity contribution in [1.82, 2.24) is 9.97 Å². The van der Waals surface area contributed by atoms with E-state index in [1.54, 1.807) is 0 Å². The number of sulfonamides is 1. The first kappa shape index (κ1) is 23.8. The van der Waals surface area contributed by atoms with Gasteiger partial charge < -0.3 is 0 Å². The van der Waals surface area contributed by atoms with Crippen LogP contribution in [0.15, 0.2) is 54.3 Å². The number of nitrogens with zero attached hydrogens (tertiary/aromatic N) is 2. The minimum atomic E-state index is -3.52. The van der Waals surface area contributed by atoms with Crippen molar-refractivity contribution in [1.29, 1.82) is 0 Å². The van der Waals surface area contributed by atoms with E-state index < -0.39 is 15.8 Å². The number of benzene rings is 2. The SMILES string of the molecule is CC1=CC=C(c2cc(C(C)(C)C)cc3nc(-c4ccc(NS(C)(=O)=O)cc4F)cnc23)C(=O)C1. The van der Waals surface area contributed by atoms with Crippen molar-refractivity contribution in [2.45, 2.75) is 39.5 Å². The zero-order valence-corrected chi connectivity index (χ0v) is 20.5. The van der Waals surface area contributed by atoms with Gasteiger partial charge in [-0.3, -0.25) is 14.5 Å². The molecule has 0 atom stereocenters. The number of aromatic nitrogens is 2. The summed E-state index contributed by atoms with van der Waals surface area (Å²) in [6, 6.07) is 7.96. The fourth-order valence-electron chi connectivity index (χ4n) is 3.86. The number of nitrogens with one attached hydrogen (secondary N) is 1. The summed E-state index contributed by atoms with van der Waals surface area (Å²) in [5.74, 6) is -0.599. The number of rotatable bonds is 4. The molecule has 8 heteroatoms. The van der Waals surface area contributed by atoms with Crippen LogP contribution in [0.5, 0.6) is 0 Å². The Bertz CT molecular complexity index is 1500. The highest BCUT2D eigenvalue weighted by molar-refractivity contribution is 7.92. The fourth-order valence-corrected chi connectivity index (χ4v) is 4.41. The van der Waals surface area contributed by atoms with Crippen LogP contribution < -0.4 is 4.72 Å². The molecule has 0 bridgehead atoms. The summed E-state index contributed by atoms with van der Waals surface area (Å²) < 4.78 is 40.0. The molecule has 0 unspecified atom stereocenters. The average Bonchev–Trinajstić information content (AvgIpc) is 2.71. The Labute approximate surface area is 198 Å². The average molecular weight is 480 g/mol. The third-order valence-electron chi connectivity index (χ3n) is 5.63. The van der Waals surface area contributed by atoms with Gasteiger partial charge in [0.15, 0.2) is 5.78 Å². The van der Waals surface area contributed by atoms with Crippen molar-refractivity contribution in [2.24, 2.45) is 0 Å². The smallest absolute Gasteiger partial charge is 0.229 e. The number of carbonyl (C=O) groups excluding carboxylic acids is 1. The van der Waals surface area contributed by atoms with E-state index in [0.29, 0.717) is 34.3 Å². The lowest BCUT2D eigenvalue weighted by atomic mass is 9.83. The summed E-state index contributed by atoms with van der Waals surface area (Å²) in [5, 5.41) is 0. The summed E-state index contributed by atoms with van der Waals surface area (Å²) in [5.41, 5.74) is 4.83. The number of allylic oxidation sites excluding steroid dienone is 4. The van der Waals surface area contributed by atoms with Gasteiger partial charge in [0.2, 0.25) is 10.0 Å². The minimum absolute atomic E-state index is 0.0262. The molecule has 0 radical (unpaired) electrons. The van der Waals surface area contributed by atoms with Gasteiger partial charge in [-0.25, -0.2) is 17.8 Å². The molecule has 2 aromatic carbocycles. The zero-order chi connectivity index (χ0) is 24.8. The van der Waals surface area contributed by atoms with E-state index in [-0.39, 0.29) is 22.4 Å². The van der Waals surface area contributed by atoms with Gasteiger partial charge >= 0.3 is 0 Å². The van der Waals surface area contributed by atoms with Gasteiger partial charge in [-0.1, -0.05) is 38.5 Å². The van der Waals surface area contributed by atoms with Crippen LogP contribution in [0.1, 0.15) is 45.2 Å². The molecule has 1 aliphatic rings. The van der Waals surface area contributed by atoms with E-state index in [1.165, 1.54) is 18.3 Å². The van der Waals surface area contributed by atoms with E-state index >= 15 is 0 Å². The van der Waals surface area contributed by atoms with Crippen LogP contribution in [0, 0.1) is 5.82 Å². The van der Waals surface area contributed by atoms with Gasteiger partial charge in [0, 0.05) is 23.1 Å². The maximum Gasteiger partial charge on any atom is 0.229 e. The van der Waals surface area contributed by atoms with E-state index in [9.17, 15) is 17.6 Å². The highest BCUT2D eigenvalue weighted by Gasteiger charge is 2.23. The van der Waals surface area contributed by atoms with Gasteiger partial charge in [0.1, 0.15) is 5.82 Å². The third kappa shape index (κ3) is 4.92. The predicted molar refractivity (Wildman–Crippen MR) is 133 cm³/mol. The molecule has 6 nitrogen and oxygen atoms in total. The molecule has 0 fully saturated rings. The molecule has 1 N–H and O–H groups in total. The van der Waals surface area contributed by atoms with Crippen molar-refractivity contribution in [3.63, 3.8) is 0 Å². The predicted octanol–water partition coefficient (Wildman–Crippen LogP) is 5.41. The Hall–Kier alpha value is -3.39. The lowest BCUT2D eigenvalue weighted by molar-refractivity contribution is -0.113. The Morgan fingerprint density at radius 3 is 2.41 bits per heavy atom. The van der Waals surface area contributed by atoms with E-state index in [4.69, 9.17) is 0 Å². The molecule has 1 aliphatic carbocycles. The lowest BCUT2D eigenvalue weighted by Gasteiger charge is -2.22. The number of hydrogen-bond donors (Lipinski definition) is 1. The minimum Gasteiger partial charge on any atom is -0.294 e. The van der Waals surface area contributed by atoms with E-state index in [2.05, 4.69) is 35.5 Å². The first-order valence-electron chi connectivity index (χ1n) is 10.8. The number of carbonyl (C=O) groups is 1. The van der Waals surface area contributed by atoms with E-state index in [0.717, 1.165) is 23.5 Å². The topological polar surface area (TPSA) is 89.0 Å². The first-order valence-corrected chi connectivity index (χ1v) is 12.7. The highest BCUT2D eigenvalue weighted by Crippen LogP contribution is 2.34. The molecule has 34 heavy (non-hydrogen) atoms. The number of ketones is 1. The molecule has 0 spiro atoms. The molecule has 0 aliphatic heterocycles. The molecular formula is C26H26FN3O3S. The Morgan fingerprint density at radius 2 is 1.79 bits per heavy atom. The fraction of sp³-hybridized carbons (Fsp3) is 0.269. The second-order valence-electron chi connectivity index (χ2n) is 9.66. The van der Waals surface area contributed by atoms with Crippen molar-refractivity contribution in [3.8, 4) is 11.3 Å². The standard InChI is InChI=1S/C26H26FN3O3S/c1-15-6-8-18(24(31)10-15)20-11-16(26(2,3)4)12-22-25(20)28-14-23(29-22)19-9-7-17(13-21(19)27)30-34(5,32)33/h6-9,11-14,30H,10H2,1-5H3. The maximum absolute atomic E-state index is 14.9. The number of halogens is 1. The molecule has 0 saturated carbocycles. The molecule has 0 amide bonds. The van der Waals surface area contributed by atoms with Crippen molar-refractivity contribution < 1.29 is 17.6 Å². The van der Waals surface area contributed by atoms with Gasteiger partial charge in [-0.05, 0) is 48.2 Å². The van der Waals surface area contributed by atoms with Gasteiger partial charge in [-0.15, -0.1) is 0 Å². The maximum atomic E-state index is 14.9. The Morgan fingerprint density at radius 1 is 1.06 bits per heavy atom. The molecule has 0 saturated heterocycles. The number of hydrogen-bond acceptors (Lipinski definition) is 5. The molecule has 3 aromatic rings. The van der Waals surface area contributed by atoms with Crippen LogP contribution in [-0.4, -0.2) is 30.4 Å². The molecular weight excluding hydrogens is 453 g/mol. The van der Waals surface area contributed by atoms with E-state index in [1.807, 2.05) is 31.2 Å². The van der Waals surface area contributed by atoms with Crippen LogP contribution >= 0.6 is 0 Å². The number of anilines is 1. The summed E-state index contributed by atoms with van der Waals surface area (Å²) in [6.07, 6.45) is 6.60. The van der Waals surface area contributed by atoms with Gasteiger partial charge in [0.25, 0.3) is 0 Å². The molecule has 176 valence electrons. The van der Waals surface area contributed by atoms with Crippen molar-refractivity contribution in [2.75, 3.05) is 11.0 Å². The van der Waals surface area contributed by atoms with Gasteiger partial charge in [-0.2, -0.15) is 0 Å². The number of Topliss-reactive ketones (excluding diaryl/α,β-unsaturated/α-hetero) is 1. The second-order valence-corrected chi connectivity index (χ2v) is 11.4. The van der Waals surface area contributed by atoms with Crippen LogP contribution in [0.2, 0.25) is 0 Å². The second kappa shape index (κ2) is 8.43. The van der Waals surface area contributed by atoms with Crippen molar-refractivity contribution in [3.05, 3.63) is 71.2 Å². The van der Waals surface area contributed by atoms with Crippen LogP contribution in [0.3, 0.4) is 0 Å². The number of fused-ring (bicyclic) bond motifs is 1. The summed E-state index contributed by atoms with van der Waals surface area (Å²) in [6.45, 7) is 8.14. The lowest BCUT2D eigenvalue weighted by Crippen LogP contribution is -2.14. The first-order chi connectivity index (χ1) is 15.8.